The minimum atomic E-state index is 0.540. The zero-order valence-electron chi connectivity index (χ0n) is 6.52. The van der Waals surface area contributed by atoms with Crippen molar-refractivity contribution < 1.29 is 0 Å². The van der Waals surface area contributed by atoms with E-state index in [0.29, 0.717) is 5.92 Å². The van der Waals surface area contributed by atoms with Crippen LogP contribution < -0.4 is 0 Å². The Morgan fingerprint density at radius 3 is 2.64 bits per heavy atom. The van der Waals surface area contributed by atoms with Gasteiger partial charge in [0.1, 0.15) is 4.64 Å². The maximum atomic E-state index is 5.00. The van der Waals surface area contributed by atoms with Crippen LogP contribution in [-0.4, -0.2) is 4.98 Å². The molecule has 0 bridgehead atoms. The number of hydrogen-bond acceptors (Lipinski definition) is 1. The molecule has 60 valence electrons. The Bertz CT molecular complexity index is 303. The average Bonchev–Trinajstić information content (AvgIpc) is 1.94. The lowest BCUT2D eigenvalue weighted by molar-refractivity contribution is 0.855. The van der Waals surface area contributed by atoms with Gasteiger partial charge in [-0.1, -0.05) is 26.1 Å². The van der Waals surface area contributed by atoms with Gasteiger partial charge in [0.25, 0.3) is 0 Å². The van der Waals surface area contributed by atoms with Crippen molar-refractivity contribution in [2.45, 2.75) is 19.8 Å². The molecule has 0 spiro atoms. The Morgan fingerprint density at radius 2 is 2.18 bits per heavy atom. The smallest absolute Gasteiger partial charge is 0.117 e. The summed E-state index contributed by atoms with van der Waals surface area (Å²) in [6, 6.07) is 2.06. The molecular weight excluding hydrogens is 222 g/mol. The number of pyridine rings is 1. The van der Waals surface area contributed by atoms with E-state index in [1.165, 1.54) is 5.56 Å². The van der Waals surface area contributed by atoms with Crippen LogP contribution in [0.4, 0.5) is 0 Å². The normalized spacial score (nSPS) is 10.5. The largest absolute Gasteiger partial charge is 0.352 e. The fraction of sp³-hybridized carbons (Fsp3) is 0.375. The highest BCUT2D eigenvalue weighted by atomic mass is 79.9. The molecule has 1 nitrogen and oxygen atoms in total. The van der Waals surface area contributed by atoms with Crippen molar-refractivity contribution in [2.24, 2.45) is 0 Å². The summed E-state index contributed by atoms with van der Waals surface area (Å²) in [5.74, 6) is 0.540. The lowest BCUT2D eigenvalue weighted by atomic mass is 10.1. The third-order valence-corrected chi connectivity index (χ3v) is 2.77. The van der Waals surface area contributed by atoms with E-state index in [-0.39, 0.29) is 0 Å². The van der Waals surface area contributed by atoms with Crippen LogP contribution in [0.2, 0.25) is 0 Å². The molecule has 0 aliphatic heterocycles. The van der Waals surface area contributed by atoms with E-state index >= 15 is 0 Å². The van der Waals surface area contributed by atoms with Gasteiger partial charge in [-0.05, 0) is 33.5 Å². The van der Waals surface area contributed by atoms with Gasteiger partial charge in [0.05, 0.1) is 4.47 Å². The molecule has 1 aromatic rings. The van der Waals surface area contributed by atoms with Gasteiger partial charge in [-0.15, -0.1) is 0 Å². The van der Waals surface area contributed by atoms with E-state index in [1.807, 2.05) is 6.20 Å². The average molecular weight is 232 g/mol. The first kappa shape index (κ1) is 8.94. The maximum Gasteiger partial charge on any atom is 0.117 e. The molecule has 0 fully saturated rings. The van der Waals surface area contributed by atoms with E-state index < -0.39 is 0 Å². The van der Waals surface area contributed by atoms with Gasteiger partial charge in [-0.25, -0.2) is 0 Å². The highest BCUT2D eigenvalue weighted by Crippen LogP contribution is 2.18. The van der Waals surface area contributed by atoms with Gasteiger partial charge >= 0.3 is 0 Å². The number of H-pyrrole nitrogens is 1. The van der Waals surface area contributed by atoms with Crippen molar-refractivity contribution in [2.75, 3.05) is 0 Å². The summed E-state index contributed by atoms with van der Waals surface area (Å²) in [7, 11) is 0. The van der Waals surface area contributed by atoms with Crippen LogP contribution in [0.3, 0.4) is 0 Å². The summed E-state index contributed by atoms with van der Waals surface area (Å²) in [5, 5.41) is 0. The topological polar surface area (TPSA) is 15.8 Å². The molecule has 0 amide bonds. The van der Waals surface area contributed by atoms with E-state index in [9.17, 15) is 0 Å². The van der Waals surface area contributed by atoms with Gasteiger partial charge in [0, 0.05) is 6.20 Å². The SMILES string of the molecule is CC(C)c1c[nH]c(=S)c(Br)c1. The van der Waals surface area contributed by atoms with Crippen molar-refractivity contribution in [3.8, 4) is 0 Å². The van der Waals surface area contributed by atoms with Gasteiger partial charge < -0.3 is 4.98 Å². The number of aromatic nitrogens is 1. The van der Waals surface area contributed by atoms with E-state index in [1.54, 1.807) is 0 Å². The first-order chi connectivity index (χ1) is 5.11. The fourth-order valence-corrected chi connectivity index (χ4v) is 1.30. The molecule has 0 unspecified atom stereocenters. The lowest BCUT2D eigenvalue weighted by Gasteiger charge is -2.04. The summed E-state index contributed by atoms with van der Waals surface area (Å²) >= 11 is 8.38. The second-order valence-corrected chi connectivity index (χ2v) is 4.03. The molecule has 0 radical (unpaired) electrons. The monoisotopic (exact) mass is 231 g/mol. The molecule has 1 N–H and O–H groups in total. The molecule has 0 aliphatic rings. The standard InChI is InChI=1S/C8H10BrNS/c1-5(2)6-3-7(9)8(11)10-4-6/h3-5H,1-2H3,(H,10,11). The number of aromatic amines is 1. The van der Waals surface area contributed by atoms with Crippen LogP contribution in [0.1, 0.15) is 25.3 Å². The van der Waals surface area contributed by atoms with Crippen molar-refractivity contribution >= 4 is 28.1 Å². The van der Waals surface area contributed by atoms with Crippen molar-refractivity contribution in [3.05, 3.63) is 26.9 Å². The molecule has 0 aromatic carbocycles. The second kappa shape index (κ2) is 3.50. The summed E-state index contributed by atoms with van der Waals surface area (Å²) in [5.41, 5.74) is 1.27. The lowest BCUT2D eigenvalue weighted by Crippen LogP contribution is -1.88. The number of hydrogen-bond donors (Lipinski definition) is 1. The quantitative estimate of drug-likeness (QED) is 0.731. The van der Waals surface area contributed by atoms with Crippen LogP contribution in [-0.2, 0) is 0 Å². The Labute approximate surface area is 80.0 Å². The van der Waals surface area contributed by atoms with E-state index in [0.717, 1.165) is 9.11 Å². The van der Waals surface area contributed by atoms with Crippen LogP contribution in [0.15, 0.2) is 16.7 Å². The molecule has 3 heteroatoms. The zero-order valence-corrected chi connectivity index (χ0v) is 8.92. The Morgan fingerprint density at radius 1 is 1.55 bits per heavy atom. The molecule has 11 heavy (non-hydrogen) atoms. The van der Waals surface area contributed by atoms with Crippen LogP contribution in [0.5, 0.6) is 0 Å². The second-order valence-electron chi connectivity index (χ2n) is 2.76. The summed E-state index contributed by atoms with van der Waals surface area (Å²) < 4.78 is 1.73. The Kier molecular flexibility index (Phi) is 2.84. The third-order valence-electron chi connectivity index (χ3n) is 1.55. The first-order valence-electron chi connectivity index (χ1n) is 3.49. The number of halogens is 1. The maximum absolute atomic E-state index is 5.00. The molecule has 0 aliphatic carbocycles. The van der Waals surface area contributed by atoms with Gasteiger partial charge in [0.15, 0.2) is 0 Å². The number of rotatable bonds is 1. The number of nitrogens with one attached hydrogen (secondary N) is 1. The van der Waals surface area contributed by atoms with E-state index in [2.05, 4.69) is 40.8 Å². The van der Waals surface area contributed by atoms with Crippen LogP contribution >= 0.6 is 28.1 Å². The highest BCUT2D eigenvalue weighted by Gasteiger charge is 1.99. The van der Waals surface area contributed by atoms with Crippen molar-refractivity contribution in [1.29, 1.82) is 0 Å². The van der Waals surface area contributed by atoms with Crippen LogP contribution in [0, 0.1) is 4.64 Å². The Balaban J connectivity index is 3.15. The molecule has 0 atom stereocenters. The highest BCUT2D eigenvalue weighted by molar-refractivity contribution is 9.10. The molecule has 1 aromatic heterocycles. The zero-order chi connectivity index (χ0) is 8.43. The van der Waals surface area contributed by atoms with Gasteiger partial charge in [0.2, 0.25) is 0 Å². The molecule has 1 rings (SSSR count). The van der Waals surface area contributed by atoms with Gasteiger partial charge in [-0.3, -0.25) is 0 Å². The minimum absolute atomic E-state index is 0.540. The fourth-order valence-electron chi connectivity index (χ4n) is 0.805. The Hall–Kier alpha value is -0.150. The minimum Gasteiger partial charge on any atom is -0.352 e. The third kappa shape index (κ3) is 2.14. The molecule has 0 saturated carbocycles. The molecular formula is C8H10BrNS. The molecule has 0 saturated heterocycles. The first-order valence-corrected chi connectivity index (χ1v) is 4.69. The summed E-state index contributed by atoms with van der Waals surface area (Å²) in [6.45, 7) is 4.30. The predicted octanol–water partition coefficient (Wildman–Crippen LogP) is 3.63. The summed E-state index contributed by atoms with van der Waals surface area (Å²) in [6.07, 6.45) is 1.96. The van der Waals surface area contributed by atoms with E-state index in [4.69, 9.17) is 12.2 Å². The van der Waals surface area contributed by atoms with Crippen LogP contribution in [0.25, 0.3) is 0 Å². The molecule has 1 heterocycles. The summed E-state index contributed by atoms with van der Waals surface area (Å²) in [4.78, 5) is 3.02. The predicted molar refractivity (Wildman–Crippen MR) is 53.4 cm³/mol. The van der Waals surface area contributed by atoms with Crippen molar-refractivity contribution in [1.82, 2.24) is 4.98 Å². The van der Waals surface area contributed by atoms with Gasteiger partial charge in [-0.2, -0.15) is 0 Å². The van der Waals surface area contributed by atoms with Crippen molar-refractivity contribution in [3.63, 3.8) is 0 Å².